The van der Waals surface area contributed by atoms with Crippen molar-refractivity contribution in [2.75, 3.05) is 18.6 Å². The molecule has 0 spiro atoms. The van der Waals surface area contributed by atoms with Gasteiger partial charge in [-0.3, -0.25) is 4.90 Å². The lowest BCUT2D eigenvalue weighted by atomic mass is 10.0. The Morgan fingerprint density at radius 1 is 1.53 bits per heavy atom. The third kappa shape index (κ3) is 3.26. The third-order valence-electron chi connectivity index (χ3n) is 3.30. The molecule has 0 aromatic carbocycles. The van der Waals surface area contributed by atoms with Crippen molar-refractivity contribution in [1.29, 1.82) is 0 Å². The molecule has 1 aromatic heterocycles. The van der Waals surface area contributed by atoms with Crippen molar-refractivity contribution < 1.29 is 0 Å². The summed E-state index contributed by atoms with van der Waals surface area (Å²) in [6.07, 6.45) is 1.29. The molecule has 2 rings (SSSR count). The van der Waals surface area contributed by atoms with Gasteiger partial charge in [0.25, 0.3) is 0 Å². The predicted molar refractivity (Wildman–Crippen MR) is 81.9 cm³/mol. The maximum absolute atomic E-state index is 6.19. The Morgan fingerprint density at radius 2 is 2.29 bits per heavy atom. The van der Waals surface area contributed by atoms with Gasteiger partial charge in [-0.15, -0.1) is 11.3 Å². The van der Waals surface area contributed by atoms with Gasteiger partial charge >= 0.3 is 0 Å². The largest absolute Gasteiger partial charge is 0.326 e. The zero-order valence-electron chi connectivity index (χ0n) is 10.2. The molecule has 17 heavy (non-hydrogen) atoms. The molecule has 0 aliphatic carbocycles. The number of nitrogens with zero attached hydrogens (tertiary/aromatic N) is 1. The smallest absolute Gasteiger partial charge is 0.0702 e. The number of hydrogen-bond acceptors (Lipinski definition) is 4. The molecule has 1 saturated heterocycles. The summed E-state index contributed by atoms with van der Waals surface area (Å²) in [6.45, 7) is 2.11. The van der Waals surface area contributed by atoms with Gasteiger partial charge in [0.1, 0.15) is 0 Å². The first-order chi connectivity index (χ1) is 8.09. The minimum Gasteiger partial charge on any atom is -0.326 e. The zero-order valence-corrected chi connectivity index (χ0v) is 13.4. The van der Waals surface area contributed by atoms with E-state index in [1.54, 1.807) is 11.3 Å². The molecule has 1 aliphatic rings. The van der Waals surface area contributed by atoms with Crippen LogP contribution in [0.2, 0.25) is 0 Å². The van der Waals surface area contributed by atoms with Gasteiger partial charge in [-0.1, -0.05) is 0 Å². The van der Waals surface area contributed by atoms with E-state index in [-0.39, 0.29) is 6.04 Å². The summed E-state index contributed by atoms with van der Waals surface area (Å²) < 4.78 is 1.19. The van der Waals surface area contributed by atoms with Crippen molar-refractivity contribution >= 4 is 39.0 Å². The fourth-order valence-corrected chi connectivity index (χ4v) is 5.36. The molecule has 2 nitrogen and oxygen atoms in total. The van der Waals surface area contributed by atoms with Crippen LogP contribution in [0.1, 0.15) is 24.3 Å². The van der Waals surface area contributed by atoms with Gasteiger partial charge in [0.15, 0.2) is 0 Å². The first kappa shape index (κ1) is 13.9. The molecular weight excluding hydrogens is 316 g/mol. The van der Waals surface area contributed by atoms with Crippen LogP contribution in [0.25, 0.3) is 0 Å². The number of hydrogen-bond donors (Lipinski definition) is 1. The minimum absolute atomic E-state index is 0.163. The number of likely N-dealkylation sites (N-methyl/N-ethyl adjacent to an activating group) is 1. The molecule has 0 radical (unpaired) electrons. The van der Waals surface area contributed by atoms with E-state index < -0.39 is 0 Å². The first-order valence-electron chi connectivity index (χ1n) is 5.90. The normalized spacial score (nSPS) is 24.2. The highest BCUT2D eigenvalue weighted by molar-refractivity contribution is 9.11. The molecule has 2 N–H and O–H groups in total. The molecule has 1 fully saturated rings. The van der Waals surface area contributed by atoms with Gasteiger partial charge in [0.2, 0.25) is 0 Å². The van der Waals surface area contributed by atoms with Gasteiger partial charge in [-0.05, 0) is 54.2 Å². The van der Waals surface area contributed by atoms with Crippen molar-refractivity contribution in [3.05, 3.63) is 20.8 Å². The Balaban J connectivity index is 2.16. The van der Waals surface area contributed by atoms with E-state index in [1.165, 1.54) is 26.6 Å². The highest BCUT2D eigenvalue weighted by Gasteiger charge is 2.30. The van der Waals surface area contributed by atoms with E-state index in [0.717, 1.165) is 0 Å². The molecule has 96 valence electrons. The predicted octanol–water partition coefficient (Wildman–Crippen LogP) is 3.34. The summed E-state index contributed by atoms with van der Waals surface area (Å²) in [5.41, 5.74) is 6.19. The van der Waals surface area contributed by atoms with Crippen LogP contribution in [-0.2, 0) is 0 Å². The number of thioether (sulfide) groups is 1. The van der Waals surface area contributed by atoms with Gasteiger partial charge in [0.05, 0.1) is 9.83 Å². The molecule has 0 amide bonds. The van der Waals surface area contributed by atoms with E-state index in [1.807, 2.05) is 0 Å². The number of halogens is 1. The van der Waals surface area contributed by atoms with Crippen molar-refractivity contribution in [2.45, 2.75) is 31.5 Å². The maximum atomic E-state index is 6.19. The second kappa shape index (κ2) is 6.06. The highest BCUT2D eigenvalue weighted by Crippen LogP contribution is 2.35. The van der Waals surface area contributed by atoms with Gasteiger partial charge in [-0.25, -0.2) is 0 Å². The molecule has 3 unspecified atom stereocenters. The van der Waals surface area contributed by atoms with Crippen LogP contribution in [0.4, 0.5) is 0 Å². The molecule has 3 atom stereocenters. The Kier molecular flexibility index (Phi) is 4.95. The van der Waals surface area contributed by atoms with Crippen molar-refractivity contribution in [3.63, 3.8) is 0 Å². The molecule has 1 aromatic rings. The Bertz CT molecular complexity index is 361. The quantitative estimate of drug-likeness (QED) is 0.915. The van der Waals surface area contributed by atoms with Crippen LogP contribution < -0.4 is 5.73 Å². The molecule has 0 saturated carbocycles. The van der Waals surface area contributed by atoms with E-state index in [9.17, 15) is 0 Å². The lowest BCUT2D eigenvalue weighted by Gasteiger charge is -2.34. The van der Waals surface area contributed by atoms with Crippen LogP contribution in [0, 0.1) is 0 Å². The van der Waals surface area contributed by atoms with Crippen molar-refractivity contribution in [2.24, 2.45) is 5.73 Å². The summed E-state index contributed by atoms with van der Waals surface area (Å²) in [6, 6.07) is 5.50. The maximum Gasteiger partial charge on any atom is 0.0702 e. The lowest BCUT2D eigenvalue weighted by Crippen LogP contribution is -2.42. The second-order valence-electron chi connectivity index (χ2n) is 4.63. The monoisotopic (exact) mass is 334 g/mol. The SMILES string of the molecule is CC(N)C(c1ccc(Br)s1)N(C)C1CCSC1. The first-order valence-corrected chi connectivity index (χ1v) is 8.66. The van der Waals surface area contributed by atoms with Crippen LogP contribution in [-0.4, -0.2) is 35.5 Å². The zero-order chi connectivity index (χ0) is 12.4. The van der Waals surface area contributed by atoms with Crippen LogP contribution >= 0.6 is 39.0 Å². The van der Waals surface area contributed by atoms with Crippen LogP contribution in [0.5, 0.6) is 0 Å². The number of nitrogens with two attached hydrogens (primary N) is 1. The van der Waals surface area contributed by atoms with Crippen LogP contribution in [0.15, 0.2) is 15.9 Å². The van der Waals surface area contributed by atoms with E-state index in [4.69, 9.17) is 5.73 Å². The minimum atomic E-state index is 0.163. The Labute approximate surface area is 120 Å². The standard InChI is InChI=1S/C12H19BrN2S2/c1-8(14)12(10-3-4-11(13)17-10)15(2)9-5-6-16-7-9/h3-4,8-9,12H,5-7,14H2,1-2H3. The Hall–Kier alpha value is 0.450. The molecule has 5 heteroatoms. The number of thiophene rings is 1. The molecule has 2 heterocycles. The van der Waals surface area contributed by atoms with Gasteiger partial charge in [-0.2, -0.15) is 11.8 Å². The second-order valence-corrected chi connectivity index (χ2v) is 8.27. The van der Waals surface area contributed by atoms with Gasteiger partial charge < -0.3 is 5.73 Å². The van der Waals surface area contributed by atoms with E-state index >= 15 is 0 Å². The summed E-state index contributed by atoms with van der Waals surface area (Å²) in [4.78, 5) is 3.84. The summed E-state index contributed by atoms with van der Waals surface area (Å²) in [5.74, 6) is 2.53. The lowest BCUT2D eigenvalue weighted by molar-refractivity contribution is 0.171. The highest BCUT2D eigenvalue weighted by atomic mass is 79.9. The molecule has 1 aliphatic heterocycles. The average molecular weight is 335 g/mol. The van der Waals surface area contributed by atoms with Crippen LogP contribution in [0.3, 0.4) is 0 Å². The van der Waals surface area contributed by atoms with Crippen molar-refractivity contribution in [1.82, 2.24) is 4.90 Å². The average Bonchev–Trinajstić information content (AvgIpc) is 2.88. The Morgan fingerprint density at radius 3 is 2.76 bits per heavy atom. The topological polar surface area (TPSA) is 29.3 Å². The molecular formula is C12H19BrN2S2. The van der Waals surface area contributed by atoms with Crippen molar-refractivity contribution in [3.8, 4) is 0 Å². The van der Waals surface area contributed by atoms with Gasteiger partial charge in [0, 0.05) is 22.7 Å². The van der Waals surface area contributed by atoms with E-state index in [0.29, 0.717) is 12.1 Å². The molecule has 0 bridgehead atoms. The van der Waals surface area contributed by atoms with E-state index in [2.05, 4.69) is 58.7 Å². The number of rotatable bonds is 4. The summed E-state index contributed by atoms with van der Waals surface area (Å²) in [5, 5.41) is 0. The summed E-state index contributed by atoms with van der Waals surface area (Å²) >= 11 is 7.39. The fourth-order valence-electron chi connectivity index (χ4n) is 2.39. The third-order valence-corrected chi connectivity index (χ3v) is 6.14. The summed E-state index contributed by atoms with van der Waals surface area (Å²) in [7, 11) is 2.22. The fraction of sp³-hybridized carbons (Fsp3) is 0.667.